The molecule has 7 heteroatoms. The molecule has 1 fully saturated rings. The largest absolute Gasteiger partial charge is 0.353 e. The molecule has 0 radical (unpaired) electrons. The van der Waals surface area contributed by atoms with E-state index in [0.717, 1.165) is 29.9 Å². The Hall–Kier alpha value is -2.31. The van der Waals surface area contributed by atoms with Crippen LogP contribution in [0.15, 0.2) is 53.7 Å². The van der Waals surface area contributed by atoms with E-state index in [-0.39, 0.29) is 5.91 Å². The van der Waals surface area contributed by atoms with Crippen LogP contribution in [0.2, 0.25) is 5.02 Å². The number of hydrogen-bond donors (Lipinski definition) is 1. The van der Waals surface area contributed by atoms with E-state index < -0.39 is 0 Å². The van der Waals surface area contributed by atoms with Crippen molar-refractivity contribution in [1.29, 1.82) is 0 Å². The molecular weight excluding hydrogens is 380 g/mol. The van der Waals surface area contributed by atoms with Crippen molar-refractivity contribution in [2.75, 3.05) is 5.75 Å². The molecule has 0 unspecified atom stereocenters. The summed E-state index contributed by atoms with van der Waals surface area (Å²) in [6.07, 6.45) is 2.16. The molecule has 0 bridgehead atoms. The van der Waals surface area contributed by atoms with Crippen LogP contribution >= 0.6 is 23.4 Å². The first-order valence-electron chi connectivity index (χ1n) is 8.81. The molecule has 0 spiro atoms. The third-order valence-electron chi connectivity index (χ3n) is 4.30. The predicted octanol–water partition coefficient (Wildman–Crippen LogP) is 4.27. The van der Waals surface area contributed by atoms with E-state index in [1.165, 1.54) is 17.3 Å². The quantitative estimate of drug-likeness (QED) is 0.630. The third-order valence-corrected chi connectivity index (χ3v) is 5.48. The van der Waals surface area contributed by atoms with Crippen molar-refractivity contribution in [2.45, 2.75) is 31.0 Å². The van der Waals surface area contributed by atoms with Crippen molar-refractivity contribution in [3.8, 4) is 17.1 Å². The number of carbonyl (C=O) groups excluding carboxylic acids is 1. The van der Waals surface area contributed by atoms with Gasteiger partial charge in [-0.1, -0.05) is 53.2 Å². The van der Waals surface area contributed by atoms with E-state index in [0.29, 0.717) is 22.0 Å². The molecule has 138 valence electrons. The molecule has 1 aliphatic rings. The van der Waals surface area contributed by atoms with Crippen molar-refractivity contribution >= 4 is 29.3 Å². The number of aryl methyl sites for hydroxylation is 1. The lowest BCUT2D eigenvalue weighted by atomic mass is 10.1. The monoisotopic (exact) mass is 398 g/mol. The van der Waals surface area contributed by atoms with Crippen LogP contribution in [0.1, 0.15) is 18.4 Å². The summed E-state index contributed by atoms with van der Waals surface area (Å²) >= 11 is 7.43. The Morgan fingerprint density at radius 2 is 1.85 bits per heavy atom. The lowest BCUT2D eigenvalue weighted by Gasteiger charge is -2.11. The topological polar surface area (TPSA) is 59.8 Å². The smallest absolute Gasteiger partial charge is 0.230 e. The first-order chi connectivity index (χ1) is 13.1. The lowest BCUT2D eigenvalue weighted by Crippen LogP contribution is -2.27. The minimum absolute atomic E-state index is 0.0324. The molecule has 1 saturated carbocycles. The van der Waals surface area contributed by atoms with E-state index in [4.69, 9.17) is 11.6 Å². The fraction of sp³-hybridized carbons (Fsp3) is 0.250. The Bertz CT molecular complexity index is 949. The number of aromatic nitrogens is 3. The molecule has 1 heterocycles. The maximum absolute atomic E-state index is 12.1. The Kier molecular flexibility index (Phi) is 5.18. The second-order valence-electron chi connectivity index (χ2n) is 6.61. The molecule has 0 saturated heterocycles. The second-order valence-corrected chi connectivity index (χ2v) is 7.99. The molecule has 1 aliphatic carbocycles. The normalized spacial score (nSPS) is 13.6. The molecule has 27 heavy (non-hydrogen) atoms. The van der Waals surface area contributed by atoms with Crippen molar-refractivity contribution < 1.29 is 4.79 Å². The van der Waals surface area contributed by atoms with Gasteiger partial charge in [-0.2, -0.15) is 0 Å². The van der Waals surface area contributed by atoms with Gasteiger partial charge in [0.05, 0.1) is 5.75 Å². The molecule has 5 nitrogen and oxygen atoms in total. The molecule has 0 aliphatic heterocycles. The molecule has 4 rings (SSSR count). The van der Waals surface area contributed by atoms with E-state index in [1.54, 1.807) is 0 Å². The van der Waals surface area contributed by atoms with Crippen LogP contribution in [0.3, 0.4) is 0 Å². The van der Waals surface area contributed by atoms with Gasteiger partial charge in [-0.3, -0.25) is 9.36 Å². The van der Waals surface area contributed by atoms with Crippen LogP contribution in [-0.4, -0.2) is 32.5 Å². The van der Waals surface area contributed by atoms with E-state index in [2.05, 4.69) is 15.5 Å². The summed E-state index contributed by atoms with van der Waals surface area (Å²) in [5, 5.41) is 13.1. The van der Waals surface area contributed by atoms with Crippen molar-refractivity contribution in [3.05, 3.63) is 59.1 Å². The number of carbonyl (C=O) groups is 1. The highest BCUT2D eigenvalue weighted by Gasteiger charge is 2.24. The van der Waals surface area contributed by atoms with E-state index in [1.807, 2.05) is 60.0 Å². The average molecular weight is 399 g/mol. The first kappa shape index (κ1) is 18.1. The number of rotatable bonds is 6. The number of thioether (sulfide) groups is 1. The van der Waals surface area contributed by atoms with Crippen molar-refractivity contribution in [1.82, 2.24) is 20.1 Å². The third kappa shape index (κ3) is 4.34. The summed E-state index contributed by atoms with van der Waals surface area (Å²) < 4.78 is 1.97. The van der Waals surface area contributed by atoms with Gasteiger partial charge in [0.2, 0.25) is 5.91 Å². The number of halogens is 1. The maximum atomic E-state index is 12.1. The van der Waals surface area contributed by atoms with Gasteiger partial charge < -0.3 is 5.32 Å². The molecule has 3 aromatic rings. The standard InChI is InChI=1S/C20H19ClN4OS/c1-13-2-4-14(5-3-13)19-23-24-20(27-12-18(26)22-16-8-9-16)25(19)17-10-6-15(21)7-11-17/h2-7,10-11,16H,8-9,12H2,1H3,(H,22,26). The van der Waals surface area contributed by atoms with Gasteiger partial charge in [0.1, 0.15) is 0 Å². The maximum Gasteiger partial charge on any atom is 0.230 e. The number of nitrogens with zero attached hydrogens (tertiary/aromatic N) is 3. The fourth-order valence-electron chi connectivity index (χ4n) is 2.70. The SMILES string of the molecule is Cc1ccc(-c2nnc(SCC(=O)NC3CC3)n2-c2ccc(Cl)cc2)cc1. The molecule has 0 atom stereocenters. The molecule has 2 aromatic carbocycles. The molecule has 1 amide bonds. The van der Waals surface area contributed by atoms with Gasteiger partial charge in [-0.25, -0.2) is 0 Å². The summed E-state index contributed by atoms with van der Waals surface area (Å²) in [6, 6.07) is 16.0. The van der Waals surface area contributed by atoms with Gasteiger partial charge in [-0.05, 0) is 44.0 Å². The minimum atomic E-state index is 0.0324. The summed E-state index contributed by atoms with van der Waals surface area (Å²) in [6.45, 7) is 2.05. The summed E-state index contributed by atoms with van der Waals surface area (Å²) in [5.41, 5.74) is 3.06. The van der Waals surface area contributed by atoms with Gasteiger partial charge in [0, 0.05) is 22.3 Å². The number of nitrogens with one attached hydrogen (secondary N) is 1. The molecule has 1 aromatic heterocycles. The molecule has 1 N–H and O–H groups in total. The highest BCUT2D eigenvalue weighted by atomic mass is 35.5. The van der Waals surface area contributed by atoms with Crippen LogP contribution in [0.4, 0.5) is 0 Å². The van der Waals surface area contributed by atoms with Gasteiger partial charge in [-0.15, -0.1) is 10.2 Å². The Morgan fingerprint density at radius 1 is 1.15 bits per heavy atom. The zero-order chi connectivity index (χ0) is 18.8. The Labute approximate surface area is 167 Å². The minimum Gasteiger partial charge on any atom is -0.353 e. The Morgan fingerprint density at radius 3 is 2.52 bits per heavy atom. The average Bonchev–Trinajstić information content (AvgIpc) is 3.38. The van der Waals surface area contributed by atoms with Crippen LogP contribution in [0, 0.1) is 6.92 Å². The van der Waals surface area contributed by atoms with Crippen molar-refractivity contribution in [3.63, 3.8) is 0 Å². The summed E-state index contributed by atoms with van der Waals surface area (Å²) in [4.78, 5) is 12.1. The summed E-state index contributed by atoms with van der Waals surface area (Å²) in [7, 11) is 0. The zero-order valence-electron chi connectivity index (χ0n) is 14.9. The number of amides is 1. The van der Waals surface area contributed by atoms with Crippen LogP contribution in [0.5, 0.6) is 0 Å². The number of hydrogen-bond acceptors (Lipinski definition) is 4. The highest BCUT2D eigenvalue weighted by molar-refractivity contribution is 7.99. The zero-order valence-corrected chi connectivity index (χ0v) is 16.4. The first-order valence-corrected chi connectivity index (χ1v) is 10.2. The van der Waals surface area contributed by atoms with Crippen LogP contribution < -0.4 is 5.32 Å². The van der Waals surface area contributed by atoms with Gasteiger partial charge >= 0.3 is 0 Å². The summed E-state index contributed by atoms with van der Waals surface area (Å²) in [5.74, 6) is 1.09. The van der Waals surface area contributed by atoms with Crippen LogP contribution in [0.25, 0.3) is 17.1 Å². The fourth-order valence-corrected chi connectivity index (χ4v) is 3.59. The van der Waals surface area contributed by atoms with Gasteiger partial charge in [0.25, 0.3) is 0 Å². The predicted molar refractivity (Wildman–Crippen MR) is 108 cm³/mol. The van der Waals surface area contributed by atoms with E-state index >= 15 is 0 Å². The highest BCUT2D eigenvalue weighted by Crippen LogP contribution is 2.29. The Balaban J connectivity index is 1.66. The van der Waals surface area contributed by atoms with Crippen LogP contribution in [-0.2, 0) is 4.79 Å². The number of benzene rings is 2. The van der Waals surface area contributed by atoms with Crippen molar-refractivity contribution in [2.24, 2.45) is 0 Å². The lowest BCUT2D eigenvalue weighted by molar-refractivity contribution is -0.118. The molecular formula is C20H19ClN4OS. The van der Waals surface area contributed by atoms with E-state index in [9.17, 15) is 4.79 Å². The second kappa shape index (κ2) is 7.74. The van der Waals surface area contributed by atoms with Gasteiger partial charge in [0.15, 0.2) is 11.0 Å².